The fraction of sp³-hybridized carbons (Fsp3) is 0.667. The Bertz CT molecular complexity index is 305. The number of hydrazone groups is 1. The van der Waals surface area contributed by atoms with Crippen molar-refractivity contribution in [3.63, 3.8) is 0 Å². The molecule has 4 nitrogen and oxygen atoms in total. The van der Waals surface area contributed by atoms with Crippen LogP contribution >= 0.6 is 0 Å². The smallest absolute Gasteiger partial charge is 0.332 e. The lowest BCUT2D eigenvalue weighted by Gasteiger charge is -2.16. The molecular weight excluding hydrogens is 202 g/mol. The summed E-state index contributed by atoms with van der Waals surface area (Å²) >= 11 is 0. The van der Waals surface area contributed by atoms with Gasteiger partial charge in [-0.2, -0.15) is 5.10 Å². The van der Waals surface area contributed by atoms with E-state index >= 15 is 0 Å². The van der Waals surface area contributed by atoms with Gasteiger partial charge in [-0.25, -0.2) is 10.2 Å². The van der Waals surface area contributed by atoms with E-state index in [1.807, 2.05) is 0 Å². The van der Waals surface area contributed by atoms with Crippen LogP contribution in [0.15, 0.2) is 16.8 Å². The van der Waals surface area contributed by atoms with Gasteiger partial charge in [-0.1, -0.05) is 19.9 Å². The summed E-state index contributed by atoms with van der Waals surface area (Å²) in [6.07, 6.45) is 7.75. The van der Waals surface area contributed by atoms with E-state index < -0.39 is 6.03 Å². The minimum atomic E-state index is -0.599. The summed E-state index contributed by atoms with van der Waals surface area (Å²) in [6, 6.07) is -0.599. The normalized spacial score (nSPS) is 17.2. The fourth-order valence-electron chi connectivity index (χ4n) is 1.86. The molecule has 1 aliphatic carbocycles. The number of amides is 2. The second-order valence-electron chi connectivity index (χ2n) is 4.61. The quantitative estimate of drug-likeness (QED) is 0.558. The summed E-state index contributed by atoms with van der Waals surface area (Å²) < 4.78 is 0. The monoisotopic (exact) mass is 223 g/mol. The molecule has 0 bridgehead atoms. The first-order chi connectivity index (χ1) is 7.59. The van der Waals surface area contributed by atoms with Crippen LogP contribution in [0.25, 0.3) is 0 Å². The molecule has 2 amide bonds. The third kappa shape index (κ3) is 4.47. The summed E-state index contributed by atoms with van der Waals surface area (Å²) in [4.78, 5) is 10.7. The van der Waals surface area contributed by atoms with Crippen LogP contribution in [0.2, 0.25) is 0 Å². The van der Waals surface area contributed by atoms with E-state index in [0.717, 1.165) is 25.0 Å². The highest BCUT2D eigenvalue weighted by atomic mass is 16.2. The van der Waals surface area contributed by atoms with Crippen molar-refractivity contribution in [2.45, 2.75) is 46.0 Å². The Kier molecular flexibility index (Phi) is 5.02. The molecule has 0 atom stereocenters. The van der Waals surface area contributed by atoms with Gasteiger partial charge >= 0.3 is 6.03 Å². The molecule has 1 rings (SSSR count). The van der Waals surface area contributed by atoms with Crippen LogP contribution in [-0.2, 0) is 0 Å². The second kappa shape index (κ2) is 6.30. The number of urea groups is 1. The van der Waals surface area contributed by atoms with Crippen LogP contribution < -0.4 is 11.2 Å². The highest BCUT2D eigenvalue weighted by molar-refractivity contribution is 6.00. The number of primary amides is 1. The lowest BCUT2D eigenvalue weighted by molar-refractivity contribution is 0.249. The number of hydrogen-bond acceptors (Lipinski definition) is 2. The van der Waals surface area contributed by atoms with Crippen molar-refractivity contribution < 1.29 is 4.79 Å². The molecule has 0 unspecified atom stereocenters. The van der Waals surface area contributed by atoms with Crippen LogP contribution in [0.4, 0.5) is 4.79 Å². The van der Waals surface area contributed by atoms with E-state index in [1.54, 1.807) is 0 Å². The molecule has 1 aliphatic rings. The summed E-state index contributed by atoms with van der Waals surface area (Å²) in [5.74, 6) is 0.524. The Morgan fingerprint density at radius 3 is 2.81 bits per heavy atom. The zero-order valence-electron chi connectivity index (χ0n) is 10.1. The average molecular weight is 223 g/mol. The van der Waals surface area contributed by atoms with Gasteiger partial charge < -0.3 is 5.73 Å². The minimum absolute atomic E-state index is 0.524. The van der Waals surface area contributed by atoms with E-state index in [-0.39, 0.29) is 0 Å². The number of rotatable bonds is 4. The predicted molar refractivity (Wildman–Crippen MR) is 66.2 cm³/mol. The highest BCUT2D eigenvalue weighted by Crippen LogP contribution is 2.21. The van der Waals surface area contributed by atoms with Crippen molar-refractivity contribution in [2.24, 2.45) is 16.8 Å². The third-order valence-corrected chi connectivity index (χ3v) is 2.56. The Hall–Kier alpha value is -1.32. The maximum Gasteiger partial charge on any atom is 0.332 e. The van der Waals surface area contributed by atoms with E-state index in [1.165, 1.54) is 18.4 Å². The minimum Gasteiger partial charge on any atom is -0.350 e. The molecular formula is C12H21N3O. The molecule has 0 radical (unpaired) electrons. The molecule has 16 heavy (non-hydrogen) atoms. The van der Waals surface area contributed by atoms with Gasteiger partial charge in [0, 0.05) is 0 Å². The average Bonchev–Trinajstić information content (AvgIpc) is 2.25. The number of carbonyl (C=O) groups is 1. The summed E-state index contributed by atoms with van der Waals surface area (Å²) in [7, 11) is 0. The molecule has 90 valence electrons. The van der Waals surface area contributed by atoms with Crippen molar-refractivity contribution in [3.8, 4) is 0 Å². The molecule has 0 aromatic rings. The van der Waals surface area contributed by atoms with E-state index in [4.69, 9.17) is 5.73 Å². The topological polar surface area (TPSA) is 67.5 Å². The van der Waals surface area contributed by atoms with Gasteiger partial charge in [0.1, 0.15) is 0 Å². The highest BCUT2D eigenvalue weighted by Gasteiger charge is 2.12. The molecule has 0 aromatic carbocycles. The van der Waals surface area contributed by atoms with Crippen LogP contribution in [0.5, 0.6) is 0 Å². The number of hydrogen-bond donors (Lipinski definition) is 2. The number of nitrogens with two attached hydrogens (primary N) is 1. The van der Waals surface area contributed by atoms with Gasteiger partial charge in [0.05, 0.1) is 5.71 Å². The van der Waals surface area contributed by atoms with Gasteiger partial charge in [0.25, 0.3) is 0 Å². The summed E-state index contributed by atoms with van der Waals surface area (Å²) in [5.41, 5.74) is 9.61. The second-order valence-corrected chi connectivity index (χ2v) is 4.61. The largest absolute Gasteiger partial charge is 0.350 e. The predicted octanol–water partition coefficient (Wildman–Crippen LogP) is 2.56. The Morgan fingerprint density at radius 2 is 2.31 bits per heavy atom. The first-order valence-corrected chi connectivity index (χ1v) is 5.91. The first-order valence-electron chi connectivity index (χ1n) is 5.91. The number of carbonyl (C=O) groups excluding carboxylic acids is 1. The Morgan fingerprint density at radius 1 is 1.56 bits per heavy atom. The lowest BCUT2D eigenvalue weighted by Crippen LogP contribution is -2.26. The van der Waals surface area contributed by atoms with Gasteiger partial charge in [0.15, 0.2) is 0 Å². The summed E-state index contributed by atoms with van der Waals surface area (Å²) in [6.45, 7) is 4.28. The maximum absolute atomic E-state index is 10.7. The molecule has 0 aliphatic heterocycles. The lowest BCUT2D eigenvalue weighted by atomic mass is 9.92. The van der Waals surface area contributed by atoms with Crippen LogP contribution in [0, 0.1) is 5.92 Å². The van der Waals surface area contributed by atoms with Gasteiger partial charge in [-0.15, -0.1) is 0 Å². The van der Waals surface area contributed by atoms with Crippen LogP contribution in [-0.4, -0.2) is 11.7 Å². The molecule has 0 spiro atoms. The zero-order valence-corrected chi connectivity index (χ0v) is 10.1. The molecule has 0 fully saturated rings. The van der Waals surface area contributed by atoms with Crippen LogP contribution in [0.3, 0.4) is 0 Å². The van der Waals surface area contributed by atoms with Gasteiger partial charge in [-0.05, 0) is 43.6 Å². The number of allylic oxidation sites excluding steroid dienone is 2. The van der Waals surface area contributed by atoms with Gasteiger partial charge in [0.2, 0.25) is 0 Å². The Balaban J connectivity index is 2.73. The van der Waals surface area contributed by atoms with E-state index in [2.05, 4.69) is 30.5 Å². The van der Waals surface area contributed by atoms with Crippen molar-refractivity contribution >= 4 is 11.7 Å². The standard InChI is InChI=1S/C12H21N3O/c1-9(2)8-11(14-15-12(13)16)10-6-4-3-5-7-10/h6,9H,3-5,7-8H2,1-2H3,(H3,13,15,16)/b14-11-. The molecule has 4 heteroatoms. The fourth-order valence-corrected chi connectivity index (χ4v) is 1.86. The maximum atomic E-state index is 10.7. The third-order valence-electron chi connectivity index (χ3n) is 2.56. The van der Waals surface area contributed by atoms with E-state index in [9.17, 15) is 4.79 Å². The van der Waals surface area contributed by atoms with Gasteiger partial charge in [-0.3, -0.25) is 0 Å². The number of nitrogens with one attached hydrogen (secondary N) is 1. The van der Waals surface area contributed by atoms with Crippen LogP contribution in [0.1, 0.15) is 46.0 Å². The SMILES string of the molecule is CC(C)C/C(=N/NC(N)=O)C1=CCCCC1. The van der Waals surface area contributed by atoms with Crippen molar-refractivity contribution in [3.05, 3.63) is 11.6 Å². The zero-order chi connectivity index (χ0) is 12.0. The molecule has 0 saturated carbocycles. The van der Waals surface area contributed by atoms with Crippen molar-refractivity contribution in [1.29, 1.82) is 0 Å². The summed E-state index contributed by atoms with van der Waals surface area (Å²) in [5, 5.41) is 4.11. The van der Waals surface area contributed by atoms with Crippen molar-refractivity contribution in [2.75, 3.05) is 0 Å². The molecule has 0 aromatic heterocycles. The first kappa shape index (κ1) is 12.7. The Labute approximate surface area is 97.0 Å². The molecule has 0 heterocycles. The number of nitrogens with zero attached hydrogens (tertiary/aromatic N) is 1. The van der Waals surface area contributed by atoms with E-state index in [0.29, 0.717) is 5.92 Å². The molecule has 3 N–H and O–H groups in total. The molecule has 0 saturated heterocycles. The van der Waals surface area contributed by atoms with Crippen molar-refractivity contribution in [1.82, 2.24) is 5.43 Å².